The van der Waals surface area contributed by atoms with E-state index >= 15 is 0 Å². The molecule has 1 fully saturated rings. The zero-order valence-corrected chi connectivity index (χ0v) is 17.5. The van der Waals surface area contributed by atoms with E-state index in [0.29, 0.717) is 10.9 Å². The summed E-state index contributed by atoms with van der Waals surface area (Å²) in [5.41, 5.74) is 2.45. The highest BCUT2D eigenvalue weighted by Gasteiger charge is 2.25. The van der Waals surface area contributed by atoms with Crippen molar-refractivity contribution in [2.24, 2.45) is 18.0 Å². The number of rotatable bonds is 6. The number of aryl methyl sites for hydroxylation is 2. The fourth-order valence-corrected chi connectivity index (χ4v) is 4.14. The molecule has 0 radical (unpaired) electrons. The van der Waals surface area contributed by atoms with Crippen molar-refractivity contribution < 1.29 is 0 Å². The van der Waals surface area contributed by atoms with E-state index in [-0.39, 0.29) is 0 Å². The van der Waals surface area contributed by atoms with E-state index in [1.165, 1.54) is 12.0 Å². The molecule has 0 spiro atoms. The molecular formula is C20H27Cl2N5. The number of nitrogens with one attached hydrogen (secondary N) is 1. The first-order chi connectivity index (χ1) is 13.0. The van der Waals surface area contributed by atoms with Gasteiger partial charge in [0.1, 0.15) is 0 Å². The number of benzene rings is 1. The van der Waals surface area contributed by atoms with Crippen molar-refractivity contribution in [1.29, 1.82) is 0 Å². The smallest absolute Gasteiger partial charge is 0.193 e. The van der Waals surface area contributed by atoms with Crippen LogP contribution >= 0.6 is 23.2 Å². The summed E-state index contributed by atoms with van der Waals surface area (Å²) in [6.07, 6.45) is 8.26. The monoisotopic (exact) mass is 407 g/mol. The van der Waals surface area contributed by atoms with E-state index < -0.39 is 0 Å². The second-order valence-electron chi connectivity index (χ2n) is 7.14. The number of guanidine groups is 1. The minimum Gasteiger partial charge on any atom is -0.356 e. The number of aliphatic imine (C=N–C) groups is 1. The number of hydrogen-bond acceptors (Lipinski definition) is 2. The molecule has 1 aliphatic heterocycles. The summed E-state index contributed by atoms with van der Waals surface area (Å²) >= 11 is 12.2. The summed E-state index contributed by atoms with van der Waals surface area (Å²) < 4.78 is 1.87. The Balaban J connectivity index is 1.42. The Morgan fingerprint density at radius 1 is 1.37 bits per heavy atom. The molecule has 7 heteroatoms. The molecule has 0 bridgehead atoms. The van der Waals surface area contributed by atoms with Crippen molar-refractivity contribution in [3.63, 3.8) is 0 Å². The first-order valence-corrected chi connectivity index (χ1v) is 10.2. The van der Waals surface area contributed by atoms with Crippen LogP contribution < -0.4 is 5.32 Å². The van der Waals surface area contributed by atoms with Crippen LogP contribution in [0.4, 0.5) is 0 Å². The molecule has 0 saturated carbocycles. The molecule has 3 rings (SSSR count). The van der Waals surface area contributed by atoms with E-state index in [1.54, 1.807) is 6.07 Å². The van der Waals surface area contributed by atoms with Crippen molar-refractivity contribution in [2.75, 3.05) is 26.7 Å². The molecule has 146 valence electrons. The minimum atomic E-state index is 0.653. The molecule has 0 amide bonds. The maximum Gasteiger partial charge on any atom is 0.193 e. The van der Waals surface area contributed by atoms with Gasteiger partial charge in [0.2, 0.25) is 0 Å². The van der Waals surface area contributed by atoms with Gasteiger partial charge in [-0.15, -0.1) is 0 Å². The standard InChI is InChI=1S/C20H27Cl2N5/c1-23-20(24-8-3-4-17-5-6-18(21)11-19(17)22)27-9-7-15(14-27)10-16-12-25-26(2)13-16/h5-6,11-13,15H,3-4,7-10,14H2,1-2H3,(H,23,24). The second-order valence-corrected chi connectivity index (χ2v) is 7.98. The Labute approximate surface area is 171 Å². The van der Waals surface area contributed by atoms with Gasteiger partial charge >= 0.3 is 0 Å². The predicted molar refractivity (Wildman–Crippen MR) is 113 cm³/mol. The maximum absolute atomic E-state index is 6.24. The molecule has 2 heterocycles. The van der Waals surface area contributed by atoms with E-state index in [0.717, 1.165) is 55.4 Å². The van der Waals surface area contributed by atoms with Crippen molar-refractivity contribution in [2.45, 2.75) is 25.7 Å². The average molecular weight is 408 g/mol. The van der Waals surface area contributed by atoms with Crippen molar-refractivity contribution in [3.05, 3.63) is 51.8 Å². The zero-order valence-electron chi connectivity index (χ0n) is 16.0. The van der Waals surface area contributed by atoms with Gasteiger partial charge in [-0.05, 0) is 54.9 Å². The van der Waals surface area contributed by atoms with Crippen LogP contribution in [0.3, 0.4) is 0 Å². The fraction of sp³-hybridized carbons (Fsp3) is 0.500. The molecule has 1 atom stereocenters. The number of nitrogens with zero attached hydrogens (tertiary/aromatic N) is 4. The Hall–Kier alpha value is -1.72. The van der Waals surface area contributed by atoms with Crippen LogP contribution in [0.5, 0.6) is 0 Å². The molecule has 0 aliphatic carbocycles. The maximum atomic E-state index is 6.24. The number of aromatic nitrogens is 2. The molecule has 5 nitrogen and oxygen atoms in total. The molecule has 1 aromatic carbocycles. The Kier molecular flexibility index (Phi) is 7.02. The predicted octanol–water partition coefficient (Wildman–Crippen LogP) is 3.80. The number of hydrogen-bond donors (Lipinski definition) is 1. The number of likely N-dealkylation sites (tertiary alicyclic amines) is 1. The molecule has 1 aromatic heterocycles. The van der Waals surface area contributed by atoms with Crippen LogP contribution in [-0.4, -0.2) is 47.3 Å². The van der Waals surface area contributed by atoms with Crippen LogP contribution in [-0.2, 0) is 19.9 Å². The lowest BCUT2D eigenvalue weighted by Crippen LogP contribution is -2.40. The van der Waals surface area contributed by atoms with Gasteiger partial charge < -0.3 is 10.2 Å². The van der Waals surface area contributed by atoms with Crippen molar-refractivity contribution in [3.8, 4) is 0 Å². The van der Waals surface area contributed by atoms with Crippen LogP contribution in [0.25, 0.3) is 0 Å². The second kappa shape index (κ2) is 9.47. The number of halogens is 2. The first-order valence-electron chi connectivity index (χ1n) is 9.42. The molecule has 1 unspecified atom stereocenters. The van der Waals surface area contributed by atoms with Gasteiger partial charge in [-0.3, -0.25) is 9.67 Å². The van der Waals surface area contributed by atoms with E-state index in [9.17, 15) is 0 Å². The molecular weight excluding hydrogens is 381 g/mol. The summed E-state index contributed by atoms with van der Waals surface area (Å²) in [6.45, 7) is 2.96. The lowest BCUT2D eigenvalue weighted by Gasteiger charge is -2.21. The zero-order chi connectivity index (χ0) is 19.2. The van der Waals surface area contributed by atoms with Crippen LogP contribution in [0.15, 0.2) is 35.6 Å². The third-order valence-corrected chi connectivity index (χ3v) is 5.59. The van der Waals surface area contributed by atoms with Gasteiger partial charge in [0.05, 0.1) is 6.20 Å². The first kappa shape index (κ1) is 20.0. The largest absolute Gasteiger partial charge is 0.356 e. The summed E-state index contributed by atoms with van der Waals surface area (Å²) in [5, 5.41) is 9.17. The summed E-state index contributed by atoms with van der Waals surface area (Å²) in [4.78, 5) is 6.82. The van der Waals surface area contributed by atoms with Crippen LogP contribution in [0.2, 0.25) is 10.0 Å². The Bertz CT molecular complexity index is 786. The summed E-state index contributed by atoms with van der Waals surface area (Å²) in [7, 11) is 3.82. The molecule has 1 saturated heterocycles. The molecule has 27 heavy (non-hydrogen) atoms. The van der Waals surface area contributed by atoms with Crippen LogP contribution in [0, 0.1) is 5.92 Å². The van der Waals surface area contributed by atoms with E-state index in [2.05, 4.69) is 26.5 Å². The molecule has 2 aromatic rings. The highest BCUT2D eigenvalue weighted by atomic mass is 35.5. The van der Waals surface area contributed by atoms with Gasteiger partial charge in [0, 0.05) is 50.0 Å². The third-order valence-electron chi connectivity index (χ3n) is 5.00. The Morgan fingerprint density at radius 3 is 2.93 bits per heavy atom. The van der Waals surface area contributed by atoms with Gasteiger partial charge in [-0.2, -0.15) is 5.10 Å². The third kappa shape index (κ3) is 5.63. The topological polar surface area (TPSA) is 45.5 Å². The Morgan fingerprint density at radius 2 is 2.22 bits per heavy atom. The quantitative estimate of drug-likeness (QED) is 0.449. The van der Waals surface area contributed by atoms with E-state index in [4.69, 9.17) is 23.2 Å². The van der Waals surface area contributed by atoms with Gasteiger partial charge in [0.15, 0.2) is 5.96 Å². The van der Waals surface area contributed by atoms with E-state index in [1.807, 2.05) is 37.1 Å². The minimum absolute atomic E-state index is 0.653. The summed E-state index contributed by atoms with van der Waals surface area (Å²) in [6, 6.07) is 5.70. The van der Waals surface area contributed by atoms with Gasteiger partial charge in [0.25, 0.3) is 0 Å². The highest BCUT2D eigenvalue weighted by molar-refractivity contribution is 6.35. The van der Waals surface area contributed by atoms with Gasteiger partial charge in [-0.25, -0.2) is 0 Å². The molecule has 1 N–H and O–H groups in total. The molecule has 1 aliphatic rings. The normalized spacial score (nSPS) is 17.6. The van der Waals surface area contributed by atoms with Crippen molar-refractivity contribution in [1.82, 2.24) is 20.0 Å². The lowest BCUT2D eigenvalue weighted by atomic mass is 10.0. The SMILES string of the molecule is CN=C(NCCCc1ccc(Cl)cc1Cl)N1CCC(Cc2cnn(C)c2)C1. The van der Waals surface area contributed by atoms with Gasteiger partial charge in [-0.1, -0.05) is 29.3 Å². The van der Waals surface area contributed by atoms with Crippen LogP contribution in [0.1, 0.15) is 24.0 Å². The highest BCUT2D eigenvalue weighted by Crippen LogP contribution is 2.22. The lowest BCUT2D eigenvalue weighted by molar-refractivity contribution is 0.459. The summed E-state index contributed by atoms with van der Waals surface area (Å²) in [5.74, 6) is 1.64. The average Bonchev–Trinajstić information content (AvgIpc) is 3.26. The fourth-order valence-electron chi connectivity index (χ4n) is 3.64. The van der Waals surface area contributed by atoms with Crippen molar-refractivity contribution >= 4 is 29.2 Å².